The molecule has 0 aliphatic heterocycles. The Morgan fingerprint density at radius 2 is 1.95 bits per heavy atom. The number of hydrogen-bond acceptors (Lipinski definition) is 2. The van der Waals surface area contributed by atoms with E-state index in [2.05, 4.69) is 15.2 Å². The zero-order valence-corrected chi connectivity index (χ0v) is 11.0. The third-order valence-electron chi connectivity index (χ3n) is 3.86. The maximum Gasteiger partial charge on any atom is 0.353 e. The third-order valence-corrected chi connectivity index (χ3v) is 3.86. The van der Waals surface area contributed by atoms with Crippen LogP contribution in [0.25, 0.3) is 22.2 Å². The Kier molecular flexibility index (Phi) is 2.42. The van der Waals surface area contributed by atoms with Crippen molar-refractivity contribution in [3.8, 4) is 11.1 Å². The first kappa shape index (κ1) is 12.1. The molecule has 4 rings (SSSR count). The lowest BCUT2D eigenvalue weighted by atomic mass is 10.0. The zero-order chi connectivity index (χ0) is 14.6. The molecule has 21 heavy (non-hydrogen) atoms. The molecule has 5 nitrogen and oxygen atoms in total. The van der Waals surface area contributed by atoms with E-state index in [9.17, 15) is 14.3 Å². The molecule has 106 valence electrons. The van der Waals surface area contributed by atoms with E-state index in [1.165, 1.54) is 12.1 Å². The van der Waals surface area contributed by atoms with Gasteiger partial charge in [0, 0.05) is 11.5 Å². The van der Waals surface area contributed by atoms with Crippen molar-refractivity contribution in [1.29, 1.82) is 0 Å². The standard InChI is InChI=1S/C15H12FN3O2/c16-9-5-3-7(4-6-9)10-12-14(17-13(10)15(20)21)11(18-19-12)8-1-2-8/h3-6,8,17H,1-2H2,(H,18,19)(H,20,21). The number of nitrogens with zero attached hydrogens (tertiary/aromatic N) is 1. The van der Waals surface area contributed by atoms with Gasteiger partial charge in [-0.05, 0) is 30.5 Å². The normalized spacial score (nSPS) is 14.7. The summed E-state index contributed by atoms with van der Waals surface area (Å²) < 4.78 is 13.1. The first-order valence-electron chi connectivity index (χ1n) is 6.74. The molecule has 0 atom stereocenters. The van der Waals surface area contributed by atoms with E-state index in [4.69, 9.17) is 0 Å². The maximum absolute atomic E-state index is 13.1. The van der Waals surface area contributed by atoms with Crippen molar-refractivity contribution in [1.82, 2.24) is 15.2 Å². The molecule has 3 aromatic rings. The van der Waals surface area contributed by atoms with Crippen molar-refractivity contribution in [2.45, 2.75) is 18.8 Å². The molecule has 0 radical (unpaired) electrons. The summed E-state index contributed by atoms with van der Waals surface area (Å²) in [7, 11) is 0. The van der Waals surface area contributed by atoms with Crippen LogP contribution in [0.15, 0.2) is 24.3 Å². The van der Waals surface area contributed by atoms with Crippen LogP contribution >= 0.6 is 0 Å². The fraction of sp³-hybridized carbons (Fsp3) is 0.200. The van der Waals surface area contributed by atoms with Gasteiger partial charge in [0.05, 0.1) is 16.7 Å². The monoisotopic (exact) mass is 285 g/mol. The molecule has 6 heteroatoms. The van der Waals surface area contributed by atoms with Crippen LogP contribution in [0.1, 0.15) is 34.9 Å². The van der Waals surface area contributed by atoms with Crippen LogP contribution in [0.2, 0.25) is 0 Å². The molecular formula is C15H12FN3O2. The highest BCUT2D eigenvalue weighted by molar-refractivity contribution is 6.06. The highest BCUT2D eigenvalue weighted by atomic mass is 19.1. The predicted molar refractivity (Wildman–Crippen MR) is 74.8 cm³/mol. The van der Waals surface area contributed by atoms with Gasteiger partial charge in [-0.2, -0.15) is 5.10 Å². The Morgan fingerprint density at radius 1 is 1.24 bits per heavy atom. The van der Waals surface area contributed by atoms with E-state index in [0.29, 0.717) is 22.6 Å². The third kappa shape index (κ3) is 1.83. The number of benzene rings is 1. The molecule has 2 heterocycles. The van der Waals surface area contributed by atoms with E-state index < -0.39 is 5.97 Å². The number of nitrogens with one attached hydrogen (secondary N) is 2. The lowest BCUT2D eigenvalue weighted by Gasteiger charge is -2.01. The SMILES string of the molecule is O=C(O)c1[nH]c2c(C3CC3)n[nH]c2c1-c1ccc(F)cc1. The molecule has 1 aromatic carbocycles. The van der Waals surface area contributed by atoms with E-state index in [1.54, 1.807) is 12.1 Å². The molecule has 1 aliphatic carbocycles. The van der Waals surface area contributed by atoms with Crippen molar-refractivity contribution in [2.75, 3.05) is 0 Å². The van der Waals surface area contributed by atoms with Crippen LogP contribution in [0, 0.1) is 5.82 Å². The summed E-state index contributed by atoms with van der Waals surface area (Å²) in [4.78, 5) is 14.4. The van der Waals surface area contributed by atoms with Crippen molar-refractivity contribution in [3.05, 3.63) is 41.5 Å². The van der Waals surface area contributed by atoms with E-state index in [0.717, 1.165) is 24.1 Å². The van der Waals surface area contributed by atoms with Crippen molar-refractivity contribution < 1.29 is 14.3 Å². The van der Waals surface area contributed by atoms with Gasteiger partial charge in [0.1, 0.15) is 11.5 Å². The molecule has 0 bridgehead atoms. The van der Waals surface area contributed by atoms with Crippen LogP contribution in [-0.2, 0) is 0 Å². The van der Waals surface area contributed by atoms with E-state index in [-0.39, 0.29) is 11.5 Å². The molecule has 1 fully saturated rings. The van der Waals surface area contributed by atoms with Crippen LogP contribution in [0.3, 0.4) is 0 Å². The van der Waals surface area contributed by atoms with Gasteiger partial charge in [0.25, 0.3) is 0 Å². The number of carboxylic acid groups (broad SMARTS) is 1. The number of aromatic nitrogens is 3. The molecule has 0 spiro atoms. The Hall–Kier alpha value is -2.63. The topological polar surface area (TPSA) is 81.8 Å². The number of carboxylic acids is 1. The first-order valence-corrected chi connectivity index (χ1v) is 6.74. The summed E-state index contributed by atoms with van der Waals surface area (Å²) >= 11 is 0. The molecule has 0 saturated heterocycles. The van der Waals surface area contributed by atoms with Gasteiger partial charge in [0.2, 0.25) is 0 Å². The lowest BCUT2D eigenvalue weighted by Crippen LogP contribution is -1.99. The van der Waals surface area contributed by atoms with Crippen molar-refractivity contribution in [2.24, 2.45) is 0 Å². The summed E-state index contributed by atoms with van der Waals surface area (Å²) in [6.45, 7) is 0. The maximum atomic E-state index is 13.1. The quantitative estimate of drug-likeness (QED) is 0.690. The fourth-order valence-electron chi connectivity index (χ4n) is 2.69. The summed E-state index contributed by atoms with van der Waals surface area (Å²) in [6, 6.07) is 5.78. The molecule has 1 saturated carbocycles. The number of carbonyl (C=O) groups is 1. The van der Waals surface area contributed by atoms with Gasteiger partial charge in [-0.1, -0.05) is 12.1 Å². The van der Waals surface area contributed by atoms with Gasteiger partial charge in [-0.3, -0.25) is 5.10 Å². The summed E-state index contributed by atoms with van der Waals surface area (Å²) in [6.07, 6.45) is 2.15. The molecule has 3 N–H and O–H groups in total. The molecular weight excluding hydrogens is 273 g/mol. The molecule has 2 aromatic heterocycles. The van der Waals surface area contributed by atoms with Crippen LogP contribution in [0.4, 0.5) is 4.39 Å². The van der Waals surface area contributed by atoms with E-state index >= 15 is 0 Å². The number of H-pyrrole nitrogens is 2. The Bertz CT molecular complexity index is 844. The number of aromatic amines is 2. The highest BCUT2D eigenvalue weighted by Crippen LogP contribution is 2.43. The summed E-state index contributed by atoms with van der Waals surface area (Å²) in [5.41, 5.74) is 3.58. The van der Waals surface area contributed by atoms with Gasteiger partial charge in [0.15, 0.2) is 0 Å². The van der Waals surface area contributed by atoms with Gasteiger partial charge in [-0.15, -0.1) is 0 Å². The number of fused-ring (bicyclic) bond motifs is 1. The average molecular weight is 285 g/mol. The zero-order valence-electron chi connectivity index (χ0n) is 11.0. The summed E-state index contributed by atoms with van der Waals surface area (Å²) in [5.74, 6) is -0.994. The van der Waals surface area contributed by atoms with Crippen LogP contribution < -0.4 is 0 Å². The van der Waals surface area contributed by atoms with Crippen molar-refractivity contribution in [3.63, 3.8) is 0 Å². The van der Waals surface area contributed by atoms with Crippen LogP contribution in [0.5, 0.6) is 0 Å². The number of halogens is 1. The molecule has 1 aliphatic rings. The minimum Gasteiger partial charge on any atom is -0.477 e. The summed E-state index contributed by atoms with van der Waals surface area (Å²) in [5, 5.41) is 16.6. The number of rotatable bonds is 3. The van der Waals surface area contributed by atoms with E-state index in [1.807, 2.05) is 0 Å². The molecule has 0 unspecified atom stereocenters. The largest absolute Gasteiger partial charge is 0.477 e. The average Bonchev–Trinajstić information content (AvgIpc) is 3.10. The second-order valence-electron chi connectivity index (χ2n) is 5.32. The van der Waals surface area contributed by atoms with Gasteiger partial charge >= 0.3 is 5.97 Å². The minimum atomic E-state index is -1.04. The minimum absolute atomic E-state index is 0.104. The Labute approximate surface area is 118 Å². The van der Waals surface area contributed by atoms with Crippen molar-refractivity contribution >= 4 is 17.0 Å². The fourth-order valence-corrected chi connectivity index (χ4v) is 2.69. The molecule has 0 amide bonds. The smallest absolute Gasteiger partial charge is 0.353 e. The highest BCUT2D eigenvalue weighted by Gasteiger charge is 2.31. The van der Waals surface area contributed by atoms with Gasteiger partial charge < -0.3 is 10.1 Å². The Balaban J connectivity index is 1.98. The van der Waals surface area contributed by atoms with Gasteiger partial charge in [-0.25, -0.2) is 9.18 Å². The van der Waals surface area contributed by atoms with Crippen LogP contribution in [-0.4, -0.2) is 26.3 Å². The second kappa shape index (κ2) is 4.18. The Morgan fingerprint density at radius 3 is 2.57 bits per heavy atom. The second-order valence-corrected chi connectivity index (χ2v) is 5.32. The lowest BCUT2D eigenvalue weighted by molar-refractivity contribution is 0.0692. The predicted octanol–water partition coefficient (Wildman–Crippen LogP) is 3.27. The number of hydrogen-bond donors (Lipinski definition) is 3. The first-order chi connectivity index (χ1) is 10.1. The number of aromatic carboxylic acids is 1.